The molecule has 0 radical (unpaired) electrons. The number of para-hydroxylation sites is 1. The fourth-order valence-corrected chi connectivity index (χ4v) is 3.70. The molecule has 0 aliphatic heterocycles. The Bertz CT molecular complexity index is 847. The third-order valence-corrected chi connectivity index (χ3v) is 5.08. The van der Waals surface area contributed by atoms with Gasteiger partial charge < -0.3 is 0 Å². The highest BCUT2D eigenvalue weighted by molar-refractivity contribution is 7.88. The van der Waals surface area contributed by atoms with Crippen LogP contribution >= 0.6 is 0 Å². The van der Waals surface area contributed by atoms with E-state index < -0.39 is 20.7 Å². The molecule has 0 spiro atoms. The van der Waals surface area contributed by atoms with E-state index in [9.17, 15) is 18.5 Å². The minimum atomic E-state index is -3.64. The summed E-state index contributed by atoms with van der Waals surface area (Å²) in [6.07, 6.45) is 0.572. The van der Waals surface area contributed by atoms with E-state index in [-0.39, 0.29) is 17.8 Å². The topological polar surface area (TPSA) is 89.3 Å². The van der Waals surface area contributed by atoms with Crippen LogP contribution in [0, 0.1) is 24.0 Å². The van der Waals surface area contributed by atoms with Crippen LogP contribution in [0.1, 0.15) is 22.3 Å². The van der Waals surface area contributed by atoms with Crippen molar-refractivity contribution in [2.24, 2.45) is 0 Å². The first-order chi connectivity index (χ1) is 11.3. The molecule has 2 aromatic rings. The van der Waals surface area contributed by atoms with Crippen molar-refractivity contribution in [3.63, 3.8) is 0 Å². The van der Waals surface area contributed by atoms with Gasteiger partial charge in [-0.05, 0) is 31.4 Å². The molecule has 6 nitrogen and oxygen atoms in total. The van der Waals surface area contributed by atoms with E-state index in [0.29, 0.717) is 6.42 Å². The molecule has 0 fully saturated rings. The Morgan fingerprint density at radius 1 is 1.08 bits per heavy atom. The van der Waals surface area contributed by atoms with Crippen molar-refractivity contribution in [1.29, 1.82) is 0 Å². The van der Waals surface area contributed by atoms with Crippen LogP contribution in [0.4, 0.5) is 5.69 Å². The molecule has 0 saturated heterocycles. The van der Waals surface area contributed by atoms with Gasteiger partial charge >= 0.3 is 0 Å². The summed E-state index contributed by atoms with van der Waals surface area (Å²) in [5.41, 5.74) is 3.36. The van der Waals surface area contributed by atoms with Crippen molar-refractivity contribution >= 4 is 15.7 Å². The number of rotatable bonds is 7. The molecule has 0 saturated carbocycles. The number of hydrogen-bond acceptors (Lipinski definition) is 4. The lowest BCUT2D eigenvalue weighted by Crippen LogP contribution is -2.27. The Labute approximate surface area is 141 Å². The molecule has 24 heavy (non-hydrogen) atoms. The third-order valence-electron chi connectivity index (χ3n) is 3.75. The summed E-state index contributed by atoms with van der Waals surface area (Å²) in [6.45, 7) is 4.25. The van der Waals surface area contributed by atoms with Gasteiger partial charge in [-0.15, -0.1) is 0 Å². The predicted octanol–water partition coefficient (Wildman–Crippen LogP) is 2.87. The lowest BCUT2D eigenvalue weighted by molar-refractivity contribution is -0.385. The van der Waals surface area contributed by atoms with Gasteiger partial charge in [-0.3, -0.25) is 10.1 Å². The third kappa shape index (κ3) is 4.87. The Hall–Kier alpha value is -2.25. The van der Waals surface area contributed by atoms with Crippen molar-refractivity contribution in [1.82, 2.24) is 4.72 Å². The first-order valence-corrected chi connectivity index (χ1v) is 9.19. The number of aryl methyl sites for hydroxylation is 2. The summed E-state index contributed by atoms with van der Waals surface area (Å²) in [7, 11) is -3.64. The summed E-state index contributed by atoms with van der Waals surface area (Å²) >= 11 is 0. The highest BCUT2D eigenvalue weighted by Crippen LogP contribution is 2.19. The summed E-state index contributed by atoms with van der Waals surface area (Å²) < 4.78 is 26.9. The number of nitro groups is 1. The van der Waals surface area contributed by atoms with E-state index in [4.69, 9.17) is 0 Å². The van der Waals surface area contributed by atoms with E-state index in [2.05, 4.69) is 10.8 Å². The predicted molar refractivity (Wildman–Crippen MR) is 93.3 cm³/mol. The van der Waals surface area contributed by atoms with E-state index in [1.54, 1.807) is 6.07 Å². The number of nitro benzene ring substituents is 1. The highest BCUT2D eigenvalue weighted by atomic mass is 32.2. The first-order valence-electron chi connectivity index (χ1n) is 7.54. The molecule has 0 aliphatic rings. The fraction of sp³-hybridized carbons (Fsp3) is 0.294. The summed E-state index contributed by atoms with van der Waals surface area (Å²) in [6, 6.07) is 11.9. The number of sulfonamides is 1. The Balaban J connectivity index is 2.01. The van der Waals surface area contributed by atoms with Gasteiger partial charge in [-0.2, -0.15) is 0 Å². The zero-order valence-corrected chi connectivity index (χ0v) is 14.5. The minimum Gasteiger partial charge on any atom is -0.258 e. The van der Waals surface area contributed by atoms with Crippen molar-refractivity contribution < 1.29 is 13.3 Å². The second-order valence-corrected chi connectivity index (χ2v) is 7.53. The largest absolute Gasteiger partial charge is 0.273 e. The van der Waals surface area contributed by atoms with Crippen molar-refractivity contribution in [3.8, 4) is 0 Å². The van der Waals surface area contributed by atoms with Gasteiger partial charge in [0.15, 0.2) is 0 Å². The maximum Gasteiger partial charge on any atom is 0.273 e. The SMILES string of the molecule is Cc1ccc(CCNS(=O)(=O)Cc2ccccc2[N+](=O)[O-])c(C)c1. The van der Waals surface area contributed by atoms with Gasteiger partial charge in [0.2, 0.25) is 10.0 Å². The average molecular weight is 348 g/mol. The number of hydrogen-bond donors (Lipinski definition) is 1. The van der Waals surface area contributed by atoms with Gasteiger partial charge in [-0.1, -0.05) is 42.0 Å². The minimum absolute atomic E-state index is 0.182. The molecule has 7 heteroatoms. The summed E-state index contributed by atoms with van der Waals surface area (Å²) in [5, 5.41) is 11.0. The highest BCUT2D eigenvalue weighted by Gasteiger charge is 2.19. The van der Waals surface area contributed by atoms with Crippen LogP contribution in [0.2, 0.25) is 0 Å². The number of nitrogens with zero attached hydrogens (tertiary/aromatic N) is 1. The lowest BCUT2D eigenvalue weighted by Gasteiger charge is -2.09. The molecule has 0 bridgehead atoms. The smallest absolute Gasteiger partial charge is 0.258 e. The van der Waals surface area contributed by atoms with Gasteiger partial charge in [0.05, 0.1) is 10.7 Å². The van der Waals surface area contributed by atoms with Gasteiger partial charge in [0.1, 0.15) is 0 Å². The standard InChI is InChI=1S/C17H20N2O4S/c1-13-7-8-15(14(2)11-13)9-10-18-24(22,23)12-16-5-3-4-6-17(16)19(20)21/h3-8,11,18H,9-10,12H2,1-2H3. The molecular weight excluding hydrogens is 328 g/mol. The number of benzene rings is 2. The van der Waals surface area contributed by atoms with Crippen LogP contribution in [-0.2, 0) is 22.2 Å². The molecule has 0 unspecified atom stereocenters. The van der Waals surface area contributed by atoms with Crippen molar-refractivity contribution in [2.75, 3.05) is 6.54 Å². The quantitative estimate of drug-likeness (QED) is 0.615. The van der Waals surface area contributed by atoms with Crippen LogP contribution in [-0.4, -0.2) is 19.9 Å². The van der Waals surface area contributed by atoms with E-state index in [1.165, 1.54) is 18.2 Å². The van der Waals surface area contributed by atoms with E-state index in [0.717, 1.165) is 16.7 Å². The van der Waals surface area contributed by atoms with Gasteiger partial charge in [0.25, 0.3) is 5.69 Å². The average Bonchev–Trinajstić information content (AvgIpc) is 2.49. The van der Waals surface area contributed by atoms with Gasteiger partial charge in [0, 0.05) is 18.2 Å². The second kappa shape index (κ2) is 7.55. The van der Waals surface area contributed by atoms with Crippen LogP contribution in [0.5, 0.6) is 0 Å². The molecule has 2 rings (SSSR count). The van der Waals surface area contributed by atoms with Crippen molar-refractivity contribution in [3.05, 3.63) is 74.8 Å². The molecule has 0 aliphatic carbocycles. The first kappa shape index (κ1) is 18.1. The summed E-state index contributed by atoms with van der Waals surface area (Å²) in [4.78, 5) is 10.4. The maximum atomic E-state index is 12.2. The van der Waals surface area contributed by atoms with E-state index >= 15 is 0 Å². The van der Waals surface area contributed by atoms with E-state index in [1.807, 2.05) is 26.0 Å². The lowest BCUT2D eigenvalue weighted by atomic mass is 10.0. The normalized spacial score (nSPS) is 11.4. The Morgan fingerprint density at radius 2 is 1.79 bits per heavy atom. The second-order valence-electron chi connectivity index (χ2n) is 5.72. The summed E-state index contributed by atoms with van der Waals surface area (Å²) in [5.74, 6) is -0.406. The fourth-order valence-electron chi connectivity index (χ4n) is 2.53. The molecule has 0 aromatic heterocycles. The molecule has 0 amide bonds. The Kier molecular flexibility index (Phi) is 5.69. The molecule has 0 atom stereocenters. The molecule has 128 valence electrons. The molecule has 0 heterocycles. The molecule has 1 N–H and O–H groups in total. The molecule has 2 aromatic carbocycles. The Morgan fingerprint density at radius 3 is 2.46 bits per heavy atom. The zero-order valence-electron chi connectivity index (χ0n) is 13.7. The monoisotopic (exact) mass is 348 g/mol. The number of nitrogens with one attached hydrogen (secondary N) is 1. The van der Waals surface area contributed by atoms with Crippen molar-refractivity contribution in [2.45, 2.75) is 26.0 Å². The van der Waals surface area contributed by atoms with Crippen LogP contribution in [0.25, 0.3) is 0 Å². The maximum absolute atomic E-state index is 12.2. The van der Waals surface area contributed by atoms with Crippen LogP contribution < -0.4 is 4.72 Å². The van der Waals surface area contributed by atoms with Gasteiger partial charge in [-0.25, -0.2) is 13.1 Å². The molecular formula is C17H20N2O4S. The van der Waals surface area contributed by atoms with Crippen LogP contribution in [0.15, 0.2) is 42.5 Å². The zero-order chi connectivity index (χ0) is 17.7. The van der Waals surface area contributed by atoms with Crippen LogP contribution in [0.3, 0.4) is 0 Å².